The highest BCUT2D eigenvalue weighted by molar-refractivity contribution is 6.03. The highest BCUT2D eigenvalue weighted by atomic mass is 19.1. The lowest BCUT2D eigenvalue weighted by atomic mass is 9.98. The van der Waals surface area contributed by atoms with Gasteiger partial charge in [-0.05, 0) is 62.6 Å². The summed E-state index contributed by atoms with van der Waals surface area (Å²) in [4.78, 5) is 26.9. The topological polar surface area (TPSA) is 92.2 Å². The van der Waals surface area contributed by atoms with Gasteiger partial charge in [-0.3, -0.25) is 4.79 Å². The van der Waals surface area contributed by atoms with Crippen LogP contribution in [0.4, 0.5) is 14.9 Å². The second kappa shape index (κ2) is 8.78. The molecule has 0 bridgehead atoms. The molecule has 0 saturated carbocycles. The molecular formula is C23H25FN6O2. The first-order valence-electron chi connectivity index (χ1n) is 10.5. The van der Waals surface area contributed by atoms with Gasteiger partial charge in [0.15, 0.2) is 5.69 Å². The highest BCUT2D eigenvalue weighted by Crippen LogP contribution is 2.26. The van der Waals surface area contributed by atoms with Crippen molar-refractivity contribution < 1.29 is 14.0 Å². The first-order valence-corrected chi connectivity index (χ1v) is 10.5. The summed E-state index contributed by atoms with van der Waals surface area (Å²) in [5.41, 5.74) is 4.04. The van der Waals surface area contributed by atoms with Gasteiger partial charge in [-0.15, -0.1) is 5.10 Å². The third kappa shape index (κ3) is 4.32. The fraction of sp³-hybridized carbons (Fsp3) is 0.304. The van der Waals surface area contributed by atoms with Gasteiger partial charge < -0.3 is 15.5 Å². The molecule has 32 heavy (non-hydrogen) atoms. The SMILES string of the molecule is Cc1c(C(=O)Nc2cccc(F)c2)nnn1-c1cccc2c1CCN(C(=O)NC(C)C)C2. The minimum atomic E-state index is -0.458. The lowest BCUT2D eigenvalue weighted by Gasteiger charge is -2.30. The smallest absolute Gasteiger partial charge is 0.317 e. The lowest BCUT2D eigenvalue weighted by Crippen LogP contribution is -2.45. The number of carbonyl (C=O) groups is 2. The van der Waals surface area contributed by atoms with Gasteiger partial charge in [-0.2, -0.15) is 0 Å². The number of anilines is 1. The molecule has 1 aliphatic heterocycles. The first kappa shape index (κ1) is 21.5. The molecular weight excluding hydrogens is 411 g/mol. The first-order chi connectivity index (χ1) is 15.3. The number of amides is 3. The van der Waals surface area contributed by atoms with Gasteiger partial charge in [-0.1, -0.05) is 23.4 Å². The zero-order valence-electron chi connectivity index (χ0n) is 18.2. The number of aromatic nitrogens is 3. The van der Waals surface area contributed by atoms with Crippen LogP contribution in [0.1, 0.15) is 41.2 Å². The van der Waals surface area contributed by atoms with Gasteiger partial charge in [0.25, 0.3) is 5.91 Å². The van der Waals surface area contributed by atoms with Crippen LogP contribution in [0.15, 0.2) is 42.5 Å². The third-order valence-electron chi connectivity index (χ3n) is 5.36. The monoisotopic (exact) mass is 436 g/mol. The van der Waals surface area contributed by atoms with Gasteiger partial charge in [0.05, 0.1) is 11.4 Å². The van der Waals surface area contributed by atoms with Crippen LogP contribution in [-0.2, 0) is 13.0 Å². The van der Waals surface area contributed by atoms with E-state index in [0.29, 0.717) is 30.9 Å². The molecule has 0 spiro atoms. The average Bonchev–Trinajstić information content (AvgIpc) is 3.13. The Kier molecular flexibility index (Phi) is 5.89. The van der Waals surface area contributed by atoms with Crippen molar-refractivity contribution in [1.29, 1.82) is 0 Å². The second-order valence-corrected chi connectivity index (χ2v) is 8.09. The Morgan fingerprint density at radius 3 is 2.69 bits per heavy atom. The van der Waals surface area contributed by atoms with Gasteiger partial charge in [0.1, 0.15) is 5.82 Å². The van der Waals surface area contributed by atoms with Crippen molar-refractivity contribution in [3.8, 4) is 5.69 Å². The highest BCUT2D eigenvalue weighted by Gasteiger charge is 2.25. The van der Waals surface area contributed by atoms with Crippen LogP contribution >= 0.6 is 0 Å². The van der Waals surface area contributed by atoms with E-state index in [0.717, 1.165) is 16.8 Å². The Labute approximate surface area is 185 Å². The number of hydrogen-bond donors (Lipinski definition) is 2. The molecule has 8 nitrogen and oxygen atoms in total. The van der Waals surface area contributed by atoms with Crippen molar-refractivity contribution in [2.45, 2.75) is 39.8 Å². The van der Waals surface area contributed by atoms with Crippen LogP contribution in [0, 0.1) is 12.7 Å². The summed E-state index contributed by atoms with van der Waals surface area (Å²) in [7, 11) is 0. The predicted molar refractivity (Wildman–Crippen MR) is 118 cm³/mol. The maximum atomic E-state index is 13.4. The third-order valence-corrected chi connectivity index (χ3v) is 5.36. The molecule has 3 amide bonds. The van der Waals surface area contributed by atoms with Crippen molar-refractivity contribution in [1.82, 2.24) is 25.2 Å². The van der Waals surface area contributed by atoms with Crippen LogP contribution < -0.4 is 10.6 Å². The zero-order chi connectivity index (χ0) is 22.8. The lowest BCUT2D eigenvalue weighted by molar-refractivity contribution is 0.102. The summed E-state index contributed by atoms with van der Waals surface area (Å²) in [6.45, 7) is 6.73. The van der Waals surface area contributed by atoms with Crippen molar-refractivity contribution in [2.24, 2.45) is 0 Å². The molecule has 9 heteroatoms. The molecule has 0 saturated heterocycles. The molecule has 0 unspecified atom stereocenters. The quantitative estimate of drug-likeness (QED) is 0.655. The van der Waals surface area contributed by atoms with Crippen LogP contribution in [0.3, 0.4) is 0 Å². The largest absolute Gasteiger partial charge is 0.336 e. The van der Waals surface area contributed by atoms with Gasteiger partial charge >= 0.3 is 6.03 Å². The van der Waals surface area contributed by atoms with Crippen LogP contribution in [0.5, 0.6) is 0 Å². The Bertz CT molecular complexity index is 1170. The van der Waals surface area contributed by atoms with Crippen LogP contribution in [0.25, 0.3) is 5.69 Å². The summed E-state index contributed by atoms with van der Waals surface area (Å²) in [6.07, 6.45) is 0.668. The maximum Gasteiger partial charge on any atom is 0.317 e. The standard InChI is InChI=1S/C23H25FN6O2/c1-14(2)25-23(32)29-11-10-19-16(13-29)6-4-9-20(19)30-15(3)21(27-28-30)22(31)26-18-8-5-7-17(24)12-18/h4-9,12,14H,10-11,13H2,1-3H3,(H,25,32)(H,26,31). The number of urea groups is 1. The molecule has 166 valence electrons. The zero-order valence-corrected chi connectivity index (χ0v) is 18.2. The van der Waals surface area contributed by atoms with E-state index in [4.69, 9.17) is 0 Å². The van der Waals surface area contributed by atoms with Gasteiger partial charge in [0.2, 0.25) is 0 Å². The molecule has 3 aromatic rings. The molecule has 0 fully saturated rings. The van der Waals surface area contributed by atoms with E-state index in [2.05, 4.69) is 20.9 Å². The summed E-state index contributed by atoms with van der Waals surface area (Å²) in [5.74, 6) is -0.893. The fourth-order valence-corrected chi connectivity index (χ4v) is 3.82. The van der Waals surface area contributed by atoms with E-state index in [1.165, 1.54) is 18.2 Å². The number of nitrogens with zero attached hydrogens (tertiary/aromatic N) is 4. The van der Waals surface area contributed by atoms with E-state index in [9.17, 15) is 14.0 Å². The molecule has 1 aromatic heterocycles. The summed E-state index contributed by atoms with van der Waals surface area (Å²) < 4.78 is 15.1. The predicted octanol–water partition coefficient (Wildman–Crippen LogP) is 3.44. The Hall–Kier alpha value is -3.75. The number of fused-ring (bicyclic) bond motifs is 1. The molecule has 0 atom stereocenters. The average molecular weight is 436 g/mol. The molecule has 2 heterocycles. The van der Waals surface area contributed by atoms with Crippen molar-refractivity contribution in [3.63, 3.8) is 0 Å². The van der Waals surface area contributed by atoms with Crippen LogP contribution in [-0.4, -0.2) is 44.4 Å². The Balaban J connectivity index is 1.58. The number of carbonyl (C=O) groups excluding carboxylic acids is 2. The molecule has 1 aliphatic rings. The van der Waals surface area contributed by atoms with E-state index >= 15 is 0 Å². The summed E-state index contributed by atoms with van der Waals surface area (Å²) in [6, 6.07) is 11.5. The minimum Gasteiger partial charge on any atom is -0.336 e. The number of halogens is 1. The van der Waals surface area contributed by atoms with Crippen LogP contribution in [0.2, 0.25) is 0 Å². The molecule has 2 aromatic carbocycles. The van der Waals surface area contributed by atoms with E-state index in [1.807, 2.05) is 32.0 Å². The molecule has 2 N–H and O–H groups in total. The van der Waals surface area contributed by atoms with E-state index in [-0.39, 0.29) is 17.8 Å². The van der Waals surface area contributed by atoms with E-state index < -0.39 is 11.7 Å². The van der Waals surface area contributed by atoms with E-state index in [1.54, 1.807) is 22.6 Å². The van der Waals surface area contributed by atoms with Crippen molar-refractivity contribution in [3.05, 3.63) is 70.8 Å². The number of benzene rings is 2. The second-order valence-electron chi connectivity index (χ2n) is 8.09. The molecule has 0 aliphatic carbocycles. The number of nitrogens with one attached hydrogen (secondary N) is 2. The number of rotatable bonds is 4. The number of hydrogen-bond acceptors (Lipinski definition) is 4. The fourth-order valence-electron chi connectivity index (χ4n) is 3.82. The molecule has 0 radical (unpaired) electrons. The Morgan fingerprint density at radius 2 is 1.94 bits per heavy atom. The summed E-state index contributed by atoms with van der Waals surface area (Å²) in [5, 5.41) is 13.9. The minimum absolute atomic E-state index is 0.0741. The van der Waals surface area contributed by atoms with Gasteiger partial charge in [0, 0.05) is 24.8 Å². The van der Waals surface area contributed by atoms with Crippen molar-refractivity contribution in [2.75, 3.05) is 11.9 Å². The Morgan fingerprint density at radius 1 is 1.16 bits per heavy atom. The van der Waals surface area contributed by atoms with Crippen molar-refractivity contribution >= 4 is 17.6 Å². The summed E-state index contributed by atoms with van der Waals surface area (Å²) >= 11 is 0. The normalized spacial score (nSPS) is 13.1. The molecule has 4 rings (SSSR count). The van der Waals surface area contributed by atoms with Gasteiger partial charge in [-0.25, -0.2) is 13.9 Å². The maximum absolute atomic E-state index is 13.4.